The Balaban J connectivity index is 2.18. The van der Waals surface area contributed by atoms with E-state index < -0.39 is 0 Å². The van der Waals surface area contributed by atoms with E-state index in [4.69, 9.17) is 4.74 Å². The smallest absolute Gasteiger partial charge is 0.264 e. The van der Waals surface area contributed by atoms with Crippen molar-refractivity contribution in [1.82, 2.24) is 10.2 Å². The van der Waals surface area contributed by atoms with Crippen LogP contribution in [0.4, 0.5) is 0 Å². The number of aryl methyl sites for hydroxylation is 1. The average Bonchev–Trinajstić information content (AvgIpc) is 2.45. The first-order chi connectivity index (χ1) is 9.69. The molecule has 0 bridgehead atoms. The van der Waals surface area contributed by atoms with E-state index in [1.54, 1.807) is 6.08 Å². The zero-order valence-electron chi connectivity index (χ0n) is 11.3. The zero-order valence-corrected chi connectivity index (χ0v) is 11.3. The third-order valence-corrected chi connectivity index (χ3v) is 2.70. The molecule has 0 aliphatic heterocycles. The van der Waals surface area contributed by atoms with Crippen LogP contribution in [0.1, 0.15) is 16.8 Å². The molecule has 0 saturated heterocycles. The van der Waals surface area contributed by atoms with Gasteiger partial charge in [0.2, 0.25) is 0 Å². The molecule has 0 spiro atoms. The van der Waals surface area contributed by atoms with Crippen LogP contribution in [0.5, 0.6) is 5.75 Å². The number of H-pyrrole nitrogens is 1. The first-order valence-corrected chi connectivity index (χ1v) is 6.27. The van der Waals surface area contributed by atoms with E-state index in [0.717, 1.165) is 22.6 Å². The van der Waals surface area contributed by atoms with Crippen LogP contribution in [0.3, 0.4) is 0 Å². The number of benzene rings is 1. The van der Waals surface area contributed by atoms with E-state index in [1.165, 1.54) is 6.07 Å². The van der Waals surface area contributed by atoms with Gasteiger partial charge in [-0.2, -0.15) is 5.10 Å². The van der Waals surface area contributed by atoms with Gasteiger partial charge in [0.05, 0.1) is 5.69 Å². The molecule has 4 heteroatoms. The standard InChI is InChI=1S/C16H16N2O2/c1-3-9-20-14-6-4-5-13(11-14)7-8-15-12(2)10-16(19)18-17-15/h3-8,10-11H,1,9H2,2H3,(H,18,19)/b8-7+. The Labute approximate surface area is 117 Å². The van der Waals surface area contributed by atoms with Gasteiger partial charge >= 0.3 is 0 Å². The molecule has 20 heavy (non-hydrogen) atoms. The van der Waals surface area contributed by atoms with Gasteiger partial charge in [-0.05, 0) is 36.3 Å². The molecule has 0 saturated carbocycles. The van der Waals surface area contributed by atoms with Crippen LogP contribution in [0, 0.1) is 6.92 Å². The molecule has 1 N–H and O–H groups in total. The maximum Gasteiger partial charge on any atom is 0.264 e. The van der Waals surface area contributed by atoms with Crippen LogP contribution in [0.2, 0.25) is 0 Å². The minimum atomic E-state index is -0.195. The second kappa shape index (κ2) is 6.52. The van der Waals surface area contributed by atoms with E-state index in [0.29, 0.717) is 6.61 Å². The van der Waals surface area contributed by atoms with Crippen LogP contribution >= 0.6 is 0 Å². The van der Waals surface area contributed by atoms with Crippen LogP contribution in [0.25, 0.3) is 12.2 Å². The fraction of sp³-hybridized carbons (Fsp3) is 0.125. The Hall–Kier alpha value is -2.62. The highest BCUT2D eigenvalue weighted by atomic mass is 16.5. The summed E-state index contributed by atoms with van der Waals surface area (Å²) in [5, 5.41) is 6.42. The third-order valence-electron chi connectivity index (χ3n) is 2.70. The third kappa shape index (κ3) is 3.68. The highest BCUT2D eigenvalue weighted by Gasteiger charge is 1.97. The van der Waals surface area contributed by atoms with Gasteiger partial charge in [-0.15, -0.1) is 0 Å². The molecule has 0 amide bonds. The summed E-state index contributed by atoms with van der Waals surface area (Å²) in [6.45, 7) is 5.95. The van der Waals surface area contributed by atoms with Gasteiger partial charge in [-0.1, -0.05) is 30.9 Å². The fourth-order valence-corrected chi connectivity index (χ4v) is 1.71. The van der Waals surface area contributed by atoms with Gasteiger partial charge in [0.1, 0.15) is 12.4 Å². The van der Waals surface area contributed by atoms with Crippen molar-refractivity contribution in [2.45, 2.75) is 6.92 Å². The van der Waals surface area contributed by atoms with Crippen molar-refractivity contribution in [3.63, 3.8) is 0 Å². The summed E-state index contributed by atoms with van der Waals surface area (Å²) >= 11 is 0. The summed E-state index contributed by atoms with van der Waals surface area (Å²) in [6, 6.07) is 9.24. The Morgan fingerprint density at radius 3 is 2.95 bits per heavy atom. The van der Waals surface area contributed by atoms with Gasteiger partial charge < -0.3 is 4.74 Å². The van der Waals surface area contributed by atoms with Crippen molar-refractivity contribution in [3.05, 3.63) is 70.2 Å². The van der Waals surface area contributed by atoms with Gasteiger partial charge in [0, 0.05) is 6.07 Å². The second-order valence-electron chi connectivity index (χ2n) is 4.31. The van der Waals surface area contributed by atoms with E-state index in [2.05, 4.69) is 16.8 Å². The van der Waals surface area contributed by atoms with Gasteiger partial charge in [0.25, 0.3) is 5.56 Å². The quantitative estimate of drug-likeness (QED) is 0.848. The molecular formula is C16H16N2O2. The predicted octanol–water partition coefficient (Wildman–Crippen LogP) is 2.81. The molecule has 1 aromatic carbocycles. The molecule has 0 fully saturated rings. The van der Waals surface area contributed by atoms with Crippen LogP contribution in [-0.2, 0) is 0 Å². The van der Waals surface area contributed by atoms with Crippen LogP contribution < -0.4 is 10.3 Å². The second-order valence-corrected chi connectivity index (χ2v) is 4.31. The Bertz CT molecular complexity index is 687. The zero-order chi connectivity index (χ0) is 14.4. The summed E-state index contributed by atoms with van der Waals surface area (Å²) in [4.78, 5) is 11.1. The highest BCUT2D eigenvalue weighted by Crippen LogP contribution is 2.15. The molecule has 1 aromatic heterocycles. The monoisotopic (exact) mass is 268 g/mol. The lowest BCUT2D eigenvalue weighted by Crippen LogP contribution is -2.08. The first-order valence-electron chi connectivity index (χ1n) is 6.27. The van der Waals surface area contributed by atoms with E-state index in [1.807, 2.05) is 43.3 Å². The van der Waals surface area contributed by atoms with Gasteiger partial charge in [0.15, 0.2) is 0 Å². The number of nitrogens with zero attached hydrogens (tertiary/aromatic N) is 1. The van der Waals surface area contributed by atoms with Crippen molar-refractivity contribution >= 4 is 12.2 Å². The normalized spacial score (nSPS) is 10.7. The Morgan fingerprint density at radius 2 is 2.20 bits per heavy atom. The number of rotatable bonds is 5. The topological polar surface area (TPSA) is 55.0 Å². The van der Waals surface area contributed by atoms with Crippen molar-refractivity contribution in [3.8, 4) is 5.75 Å². The van der Waals surface area contributed by atoms with Crippen LogP contribution in [0.15, 0.2) is 47.8 Å². The lowest BCUT2D eigenvalue weighted by atomic mass is 10.1. The molecule has 1 heterocycles. The Morgan fingerprint density at radius 1 is 1.35 bits per heavy atom. The summed E-state index contributed by atoms with van der Waals surface area (Å²) in [5.41, 5.74) is 2.38. The number of aromatic amines is 1. The molecule has 2 aromatic rings. The number of ether oxygens (including phenoxy) is 1. The van der Waals surface area contributed by atoms with Crippen molar-refractivity contribution in [2.24, 2.45) is 0 Å². The lowest BCUT2D eigenvalue weighted by Gasteiger charge is -2.03. The number of hydrogen-bond acceptors (Lipinski definition) is 3. The number of aromatic nitrogens is 2. The minimum Gasteiger partial charge on any atom is -0.490 e. The molecule has 2 rings (SSSR count). The fourth-order valence-electron chi connectivity index (χ4n) is 1.71. The molecular weight excluding hydrogens is 252 g/mol. The SMILES string of the molecule is C=CCOc1cccc(/C=C/c2n[nH]c(=O)cc2C)c1. The maximum absolute atomic E-state index is 11.1. The summed E-state index contributed by atoms with van der Waals surface area (Å²) in [6.07, 6.45) is 5.49. The highest BCUT2D eigenvalue weighted by molar-refractivity contribution is 5.69. The van der Waals surface area contributed by atoms with E-state index in [-0.39, 0.29) is 5.56 Å². The van der Waals surface area contributed by atoms with Crippen molar-refractivity contribution in [1.29, 1.82) is 0 Å². The summed E-state index contributed by atoms with van der Waals surface area (Å²) in [5.74, 6) is 0.790. The molecule has 0 unspecified atom stereocenters. The number of nitrogens with one attached hydrogen (secondary N) is 1. The number of hydrogen-bond donors (Lipinski definition) is 1. The Kier molecular flexibility index (Phi) is 4.50. The summed E-state index contributed by atoms with van der Waals surface area (Å²) in [7, 11) is 0. The lowest BCUT2D eigenvalue weighted by molar-refractivity contribution is 0.363. The molecule has 4 nitrogen and oxygen atoms in total. The van der Waals surface area contributed by atoms with E-state index in [9.17, 15) is 4.79 Å². The molecule has 0 aliphatic carbocycles. The molecule has 0 aliphatic rings. The molecule has 0 radical (unpaired) electrons. The van der Waals surface area contributed by atoms with E-state index >= 15 is 0 Å². The molecule has 0 atom stereocenters. The largest absolute Gasteiger partial charge is 0.490 e. The minimum absolute atomic E-state index is 0.195. The predicted molar refractivity (Wildman–Crippen MR) is 80.7 cm³/mol. The average molecular weight is 268 g/mol. The van der Waals surface area contributed by atoms with Gasteiger partial charge in [-0.3, -0.25) is 4.79 Å². The summed E-state index contributed by atoms with van der Waals surface area (Å²) < 4.78 is 5.47. The van der Waals surface area contributed by atoms with Gasteiger partial charge in [-0.25, -0.2) is 5.10 Å². The van der Waals surface area contributed by atoms with Crippen LogP contribution in [-0.4, -0.2) is 16.8 Å². The molecule has 102 valence electrons. The van der Waals surface area contributed by atoms with Crippen molar-refractivity contribution in [2.75, 3.05) is 6.61 Å². The maximum atomic E-state index is 11.1. The van der Waals surface area contributed by atoms with Crippen molar-refractivity contribution < 1.29 is 4.74 Å². The first kappa shape index (κ1) is 13.8.